The molecule has 6 heteroatoms. The highest BCUT2D eigenvalue weighted by atomic mass is 16.2. The second kappa shape index (κ2) is 5.32. The Morgan fingerprint density at radius 2 is 2.35 bits per heavy atom. The topological polar surface area (TPSA) is 87.9 Å². The summed E-state index contributed by atoms with van der Waals surface area (Å²) in [5, 5.41) is 6.55. The van der Waals surface area contributed by atoms with Crippen LogP contribution >= 0.6 is 0 Å². The van der Waals surface area contributed by atoms with E-state index in [1.807, 2.05) is 23.1 Å². The maximum Gasteiger partial charge on any atom is 0.227 e. The molecule has 0 saturated heterocycles. The summed E-state index contributed by atoms with van der Waals surface area (Å²) < 4.78 is 0. The molecule has 1 aliphatic rings. The van der Waals surface area contributed by atoms with Crippen LogP contribution in [-0.2, 0) is 17.6 Å². The molecule has 3 N–H and O–H groups in total. The maximum absolute atomic E-state index is 12.4. The van der Waals surface area contributed by atoms with Crippen molar-refractivity contribution in [3.63, 3.8) is 0 Å². The normalized spacial score (nSPS) is 14.1. The minimum absolute atomic E-state index is 0.105. The first-order valence-electron chi connectivity index (χ1n) is 6.77. The fraction of sp³-hybridized carbons (Fsp3) is 0.357. The summed E-state index contributed by atoms with van der Waals surface area (Å²) in [5.74, 6) is 0.844. The third-order valence-corrected chi connectivity index (χ3v) is 3.63. The van der Waals surface area contributed by atoms with Crippen LogP contribution in [0.4, 0.5) is 11.4 Å². The molecule has 6 nitrogen and oxygen atoms in total. The fourth-order valence-electron chi connectivity index (χ4n) is 2.62. The molecule has 0 bridgehead atoms. The van der Waals surface area contributed by atoms with Crippen LogP contribution in [0.2, 0.25) is 0 Å². The molecule has 0 saturated carbocycles. The summed E-state index contributed by atoms with van der Waals surface area (Å²) in [6.07, 6.45) is 4.34. The van der Waals surface area contributed by atoms with E-state index in [4.69, 9.17) is 5.73 Å². The lowest BCUT2D eigenvalue weighted by molar-refractivity contribution is -0.118. The van der Waals surface area contributed by atoms with E-state index >= 15 is 0 Å². The summed E-state index contributed by atoms with van der Waals surface area (Å²) in [7, 11) is 0. The summed E-state index contributed by atoms with van der Waals surface area (Å²) in [5.41, 5.74) is 8.81. The number of nitrogen functional groups attached to an aromatic ring is 1. The number of aromatic amines is 1. The number of nitrogens with one attached hydrogen (secondary N) is 1. The number of hydrogen-bond donors (Lipinski definition) is 2. The van der Waals surface area contributed by atoms with Gasteiger partial charge in [0.15, 0.2) is 0 Å². The first kappa shape index (κ1) is 12.7. The number of H-pyrrole nitrogens is 1. The van der Waals surface area contributed by atoms with E-state index in [1.165, 1.54) is 6.33 Å². The van der Waals surface area contributed by atoms with Crippen LogP contribution in [0.25, 0.3) is 0 Å². The van der Waals surface area contributed by atoms with Crippen molar-refractivity contribution in [1.82, 2.24) is 15.2 Å². The first-order valence-corrected chi connectivity index (χ1v) is 6.77. The average molecular weight is 271 g/mol. The number of carbonyl (C=O) groups excluding carboxylic acids is 1. The van der Waals surface area contributed by atoms with Crippen LogP contribution in [0.1, 0.15) is 24.2 Å². The van der Waals surface area contributed by atoms with Gasteiger partial charge in [0.25, 0.3) is 0 Å². The van der Waals surface area contributed by atoms with E-state index < -0.39 is 0 Å². The fourth-order valence-corrected chi connectivity index (χ4v) is 2.62. The van der Waals surface area contributed by atoms with Crippen LogP contribution in [0.15, 0.2) is 24.5 Å². The van der Waals surface area contributed by atoms with Gasteiger partial charge in [0.2, 0.25) is 5.91 Å². The van der Waals surface area contributed by atoms with Gasteiger partial charge in [0, 0.05) is 30.8 Å². The van der Waals surface area contributed by atoms with Crippen molar-refractivity contribution in [2.45, 2.75) is 25.7 Å². The highest BCUT2D eigenvalue weighted by Gasteiger charge is 2.23. The Balaban J connectivity index is 1.75. The molecule has 0 spiro atoms. The third-order valence-electron chi connectivity index (χ3n) is 3.63. The average Bonchev–Trinajstić information content (AvgIpc) is 2.98. The number of nitrogens with two attached hydrogens (primary N) is 1. The second-order valence-corrected chi connectivity index (χ2v) is 4.93. The molecule has 1 amide bonds. The number of benzene rings is 1. The lowest BCUT2D eigenvalue weighted by atomic mass is 9.99. The van der Waals surface area contributed by atoms with Crippen LogP contribution in [0.3, 0.4) is 0 Å². The van der Waals surface area contributed by atoms with Gasteiger partial charge in [-0.05, 0) is 30.5 Å². The molecule has 1 aromatic heterocycles. The van der Waals surface area contributed by atoms with Gasteiger partial charge in [-0.1, -0.05) is 6.07 Å². The van der Waals surface area contributed by atoms with Gasteiger partial charge in [0.1, 0.15) is 12.2 Å². The molecule has 0 radical (unpaired) electrons. The Morgan fingerprint density at radius 1 is 1.45 bits per heavy atom. The largest absolute Gasteiger partial charge is 0.398 e. The predicted molar refractivity (Wildman–Crippen MR) is 76.2 cm³/mol. The lowest BCUT2D eigenvalue weighted by Gasteiger charge is -2.30. The van der Waals surface area contributed by atoms with E-state index in [2.05, 4.69) is 15.2 Å². The third kappa shape index (κ3) is 2.36. The Kier molecular flexibility index (Phi) is 3.37. The molecule has 3 rings (SSSR count). The Labute approximate surface area is 117 Å². The van der Waals surface area contributed by atoms with E-state index in [-0.39, 0.29) is 5.91 Å². The summed E-state index contributed by atoms with van der Waals surface area (Å²) in [6.45, 7) is 0.756. The van der Waals surface area contributed by atoms with Crippen LogP contribution in [0, 0.1) is 0 Å². The number of carbonyl (C=O) groups is 1. The number of aromatic nitrogens is 3. The van der Waals surface area contributed by atoms with Crippen molar-refractivity contribution in [2.24, 2.45) is 0 Å². The van der Waals surface area contributed by atoms with Crippen molar-refractivity contribution in [1.29, 1.82) is 0 Å². The molecule has 2 aromatic rings. The first-order chi connectivity index (χ1) is 9.75. The molecule has 2 heterocycles. The number of anilines is 2. The number of nitrogens with zero attached hydrogens (tertiary/aromatic N) is 3. The molecular weight excluding hydrogens is 254 g/mol. The molecule has 0 atom stereocenters. The molecule has 20 heavy (non-hydrogen) atoms. The Hall–Kier alpha value is -2.37. The molecule has 0 aliphatic carbocycles. The zero-order valence-electron chi connectivity index (χ0n) is 11.2. The van der Waals surface area contributed by atoms with E-state index in [9.17, 15) is 4.79 Å². The lowest BCUT2D eigenvalue weighted by Crippen LogP contribution is -2.35. The predicted octanol–water partition coefficient (Wildman–Crippen LogP) is 1.30. The van der Waals surface area contributed by atoms with Crippen molar-refractivity contribution in [2.75, 3.05) is 17.2 Å². The molecule has 1 aliphatic heterocycles. The highest BCUT2D eigenvalue weighted by molar-refractivity contribution is 5.95. The van der Waals surface area contributed by atoms with Crippen LogP contribution in [-0.4, -0.2) is 27.6 Å². The minimum Gasteiger partial charge on any atom is -0.398 e. The van der Waals surface area contributed by atoms with Gasteiger partial charge in [-0.25, -0.2) is 4.98 Å². The zero-order chi connectivity index (χ0) is 13.9. The van der Waals surface area contributed by atoms with Crippen molar-refractivity contribution in [3.8, 4) is 0 Å². The molecule has 0 unspecified atom stereocenters. The number of aryl methyl sites for hydroxylation is 1. The standard InChI is InChI=1S/C14H17N5O/c15-11-4-1-5-12-10(11)3-2-8-19(12)14(20)7-6-13-16-9-17-18-13/h1,4-5,9H,2-3,6-8,15H2,(H,16,17,18). The van der Waals surface area contributed by atoms with Gasteiger partial charge in [0.05, 0.1) is 0 Å². The summed E-state index contributed by atoms with van der Waals surface area (Å²) in [4.78, 5) is 18.3. The van der Waals surface area contributed by atoms with Crippen LogP contribution < -0.4 is 10.6 Å². The second-order valence-electron chi connectivity index (χ2n) is 4.93. The van der Waals surface area contributed by atoms with Gasteiger partial charge in [-0.2, -0.15) is 5.10 Å². The zero-order valence-corrected chi connectivity index (χ0v) is 11.2. The Morgan fingerprint density at radius 3 is 3.15 bits per heavy atom. The van der Waals surface area contributed by atoms with Gasteiger partial charge in [-0.3, -0.25) is 9.89 Å². The highest BCUT2D eigenvalue weighted by Crippen LogP contribution is 2.31. The molecule has 0 fully saturated rings. The number of amides is 1. The summed E-state index contributed by atoms with van der Waals surface area (Å²) in [6, 6.07) is 5.76. The number of fused-ring (bicyclic) bond motifs is 1. The number of rotatable bonds is 3. The van der Waals surface area contributed by atoms with E-state index in [0.29, 0.717) is 12.8 Å². The van der Waals surface area contributed by atoms with Gasteiger partial charge >= 0.3 is 0 Å². The number of hydrogen-bond acceptors (Lipinski definition) is 4. The SMILES string of the molecule is Nc1cccc2c1CCCN2C(=O)CCc1ncn[nH]1. The smallest absolute Gasteiger partial charge is 0.227 e. The quantitative estimate of drug-likeness (QED) is 0.824. The van der Waals surface area contributed by atoms with Gasteiger partial charge in [-0.15, -0.1) is 0 Å². The van der Waals surface area contributed by atoms with Crippen LogP contribution in [0.5, 0.6) is 0 Å². The Bertz CT molecular complexity index is 608. The molecular formula is C14H17N5O. The monoisotopic (exact) mass is 271 g/mol. The summed E-state index contributed by atoms with van der Waals surface area (Å²) >= 11 is 0. The van der Waals surface area contributed by atoms with Crippen molar-refractivity contribution >= 4 is 17.3 Å². The maximum atomic E-state index is 12.4. The van der Waals surface area contributed by atoms with E-state index in [0.717, 1.165) is 42.1 Å². The van der Waals surface area contributed by atoms with Crippen molar-refractivity contribution < 1.29 is 4.79 Å². The molecule has 104 valence electrons. The minimum atomic E-state index is 0.105. The molecule has 1 aromatic carbocycles. The van der Waals surface area contributed by atoms with Crippen molar-refractivity contribution in [3.05, 3.63) is 35.9 Å². The van der Waals surface area contributed by atoms with Gasteiger partial charge < -0.3 is 10.6 Å². The van der Waals surface area contributed by atoms with E-state index in [1.54, 1.807) is 0 Å².